The molecule has 2 saturated heterocycles. The topological polar surface area (TPSA) is 53.5 Å². The lowest BCUT2D eigenvalue weighted by Gasteiger charge is -2.41. The summed E-state index contributed by atoms with van der Waals surface area (Å²) in [7, 11) is 0. The van der Waals surface area contributed by atoms with E-state index in [1.54, 1.807) is 11.3 Å². The van der Waals surface area contributed by atoms with Crippen LogP contribution in [0.1, 0.15) is 61.2 Å². The first kappa shape index (κ1) is 21.0. The van der Waals surface area contributed by atoms with Crippen LogP contribution in [-0.4, -0.2) is 52.8 Å². The lowest BCUT2D eigenvalue weighted by molar-refractivity contribution is -0.135. The van der Waals surface area contributed by atoms with Gasteiger partial charge >= 0.3 is 0 Å². The minimum atomic E-state index is -0.121. The number of likely N-dealkylation sites (tertiary alicyclic amines) is 2. The largest absolute Gasteiger partial charge is 0.343 e. The fourth-order valence-electron chi connectivity index (χ4n) is 4.83. The Morgan fingerprint density at radius 3 is 2.57 bits per heavy atom. The summed E-state index contributed by atoms with van der Waals surface area (Å²) in [4.78, 5) is 33.8. The molecule has 3 heterocycles. The first-order chi connectivity index (χ1) is 14.6. The highest BCUT2D eigenvalue weighted by Crippen LogP contribution is 2.42. The van der Waals surface area contributed by atoms with E-state index in [1.165, 1.54) is 5.56 Å². The van der Waals surface area contributed by atoms with Crippen LogP contribution in [0.25, 0.3) is 0 Å². The molecule has 160 valence electrons. The summed E-state index contributed by atoms with van der Waals surface area (Å²) in [6.45, 7) is 4.88. The maximum Gasteiger partial charge on any atom is 0.224 e. The summed E-state index contributed by atoms with van der Waals surface area (Å²) in [6.07, 6.45) is 5.97. The Bertz CT molecular complexity index is 872. The molecule has 2 amide bonds. The number of hydrogen-bond donors (Lipinski definition) is 0. The number of benzene rings is 1. The number of piperidine rings is 1. The third kappa shape index (κ3) is 4.43. The number of aromatic nitrogens is 1. The molecule has 0 N–H and O–H groups in total. The van der Waals surface area contributed by atoms with E-state index in [-0.39, 0.29) is 17.2 Å². The predicted molar refractivity (Wildman–Crippen MR) is 120 cm³/mol. The minimum absolute atomic E-state index is 0.121. The van der Waals surface area contributed by atoms with Gasteiger partial charge < -0.3 is 9.80 Å². The summed E-state index contributed by atoms with van der Waals surface area (Å²) in [5.74, 6) is 0.379. The summed E-state index contributed by atoms with van der Waals surface area (Å²) >= 11 is 1.70. The quantitative estimate of drug-likeness (QED) is 0.723. The third-order valence-corrected chi connectivity index (χ3v) is 7.45. The van der Waals surface area contributed by atoms with Crippen LogP contribution in [0.15, 0.2) is 35.7 Å². The zero-order chi connectivity index (χ0) is 21.0. The van der Waals surface area contributed by atoms with Crippen molar-refractivity contribution >= 4 is 23.2 Å². The second-order valence-corrected chi connectivity index (χ2v) is 9.58. The van der Waals surface area contributed by atoms with E-state index in [2.05, 4.69) is 36.6 Å². The van der Waals surface area contributed by atoms with Gasteiger partial charge in [-0.15, -0.1) is 11.3 Å². The molecule has 6 heteroatoms. The van der Waals surface area contributed by atoms with E-state index in [4.69, 9.17) is 4.98 Å². The molecule has 30 heavy (non-hydrogen) atoms. The summed E-state index contributed by atoms with van der Waals surface area (Å²) in [6, 6.07) is 10.6. The van der Waals surface area contributed by atoms with E-state index in [0.717, 1.165) is 62.4 Å². The molecule has 1 aromatic heterocycles. The van der Waals surface area contributed by atoms with Crippen LogP contribution in [0.4, 0.5) is 0 Å². The zero-order valence-corrected chi connectivity index (χ0v) is 18.6. The highest BCUT2D eigenvalue weighted by Gasteiger charge is 2.40. The second kappa shape index (κ2) is 9.29. The Hall–Kier alpha value is -2.21. The molecule has 1 aromatic carbocycles. The van der Waals surface area contributed by atoms with Crippen molar-refractivity contribution in [2.24, 2.45) is 0 Å². The number of amides is 2. The van der Waals surface area contributed by atoms with Crippen LogP contribution in [0, 0.1) is 6.92 Å². The van der Waals surface area contributed by atoms with Crippen LogP contribution in [0.2, 0.25) is 0 Å². The van der Waals surface area contributed by atoms with Crippen molar-refractivity contribution in [2.45, 2.75) is 57.3 Å². The Labute approximate surface area is 183 Å². The Balaban J connectivity index is 1.42. The first-order valence-corrected chi connectivity index (χ1v) is 12.0. The smallest absolute Gasteiger partial charge is 0.224 e. The lowest BCUT2D eigenvalue weighted by Crippen LogP contribution is -2.46. The van der Waals surface area contributed by atoms with Gasteiger partial charge in [0.25, 0.3) is 0 Å². The Morgan fingerprint density at radius 1 is 1.10 bits per heavy atom. The molecule has 2 aromatic rings. The maximum absolute atomic E-state index is 12.9. The molecule has 2 aliphatic heterocycles. The summed E-state index contributed by atoms with van der Waals surface area (Å²) < 4.78 is 0. The van der Waals surface area contributed by atoms with Gasteiger partial charge in [-0.25, -0.2) is 4.98 Å². The van der Waals surface area contributed by atoms with Crippen molar-refractivity contribution < 1.29 is 9.59 Å². The molecule has 2 aliphatic rings. The monoisotopic (exact) mass is 425 g/mol. The molecule has 0 aliphatic carbocycles. The van der Waals surface area contributed by atoms with Crippen molar-refractivity contribution in [3.8, 4) is 0 Å². The van der Waals surface area contributed by atoms with Gasteiger partial charge in [0, 0.05) is 49.8 Å². The SMILES string of the molecule is Cc1nc(C2(c3ccccc3)CCN(C(=O)CCN3CCCCCC3=O)CC2)cs1. The molecule has 5 nitrogen and oxygen atoms in total. The number of aryl methyl sites for hydroxylation is 1. The molecule has 0 spiro atoms. The van der Waals surface area contributed by atoms with Gasteiger partial charge in [-0.2, -0.15) is 0 Å². The van der Waals surface area contributed by atoms with Gasteiger partial charge in [-0.3, -0.25) is 9.59 Å². The van der Waals surface area contributed by atoms with Crippen molar-refractivity contribution in [3.63, 3.8) is 0 Å². The number of thiazole rings is 1. The molecular weight excluding hydrogens is 394 g/mol. The van der Waals surface area contributed by atoms with E-state index in [0.29, 0.717) is 19.4 Å². The van der Waals surface area contributed by atoms with Crippen LogP contribution in [0.5, 0.6) is 0 Å². The highest BCUT2D eigenvalue weighted by molar-refractivity contribution is 7.09. The highest BCUT2D eigenvalue weighted by atomic mass is 32.1. The van der Waals surface area contributed by atoms with Gasteiger partial charge in [0.15, 0.2) is 0 Å². The zero-order valence-electron chi connectivity index (χ0n) is 17.8. The molecular formula is C24H31N3O2S. The van der Waals surface area contributed by atoms with E-state index < -0.39 is 0 Å². The number of hydrogen-bond acceptors (Lipinski definition) is 4. The molecule has 0 unspecified atom stereocenters. The fourth-order valence-corrected chi connectivity index (χ4v) is 5.55. The average molecular weight is 426 g/mol. The first-order valence-electron chi connectivity index (χ1n) is 11.1. The predicted octanol–water partition coefficient (Wildman–Crippen LogP) is 4.15. The van der Waals surface area contributed by atoms with E-state index >= 15 is 0 Å². The Kier molecular flexibility index (Phi) is 6.52. The number of carbonyl (C=O) groups is 2. The average Bonchev–Trinajstić information content (AvgIpc) is 3.12. The minimum Gasteiger partial charge on any atom is -0.343 e. The standard InChI is InChI=1S/C24H31N3O2S/c1-19-25-21(18-30-19)24(20-8-4-2-5-9-20)12-16-27(17-13-24)23(29)11-15-26-14-7-3-6-10-22(26)28/h2,4-5,8-9,18H,3,6-7,10-17H2,1H3. The van der Waals surface area contributed by atoms with Crippen molar-refractivity contribution in [3.05, 3.63) is 52.0 Å². The summed E-state index contributed by atoms with van der Waals surface area (Å²) in [5.41, 5.74) is 2.31. The fraction of sp³-hybridized carbons (Fsp3) is 0.542. The number of carbonyl (C=O) groups excluding carboxylic acids is 2. The molecule has 0 saturated carbocycles. The maximum atomic E-state index is 12.9. The van der Waals surface area contributed by atoms with Gasteiger partial charge in [0.05, 0.1) is 10.7 Å². The number of rotatable bonds is 5. The van der Waals surface area contributed by atoms with Gasteiger partial charge in [-0.1, -0.05) is 36.8 Å². The van der Waals surface area contributed by atoms with Crippen LogP contribution >= 0.6 is 11.3 Å². The van der Waals surface area contributed by atoms with Crippen molar-refractivity contribution in [2.75, 3.05) is 26.2 Å². The lowest BCUT2D eigenvalue weighted by atomic mass is 9.70. The number of nitrogens with zero attached hydrogens (tertiary/aromatic N) is 3. The van der Waals surface area contributed by atoms with E-state index in [1.807, 2.05) is 15.9 Å². The van der Waals surface area contributed by atoms with Gasteiger partial charge in [-0.05, 0) is 38.2 Å². The Morgan fingerprint density at radius 2 is 1.87 bits per heavy atom. The van der Waals surface area contributed by atoms with Crippen molar-refractivity contribution in [1.82, 2.24) is 14.8 Å². The van der Waals surface area contributed by atoms with Crippen LogP contribution < -0.4 is 0 Å². The van der Waals surface area contributed by atoms with Crippen molar-refractivity contribution in [1.29, 1.82) is 0 Å². The molecule has 2 fully saturated rings. The third-order valence-electron chi connectivity index (χ3n) is 6.67. The normalized spacial score (nSPS) is 19.6. The van der Waals surface area contributed by atoms with E-state index in [9.17, 15) is 9.59 Å². The van der Waals surface area contributed by atoms with Crippen LogP contribution in [-0.2, 0) is 15.0 Å². The summed E-state index contributed by atoms with van der Waals surface area (Å²) in [5, 5.41) is 3.27. The second-order valence-electron chi connectivity index (χ2n) is 8.52. The molecule has 0 atom stereocenters. The van der Waals surface area contributed by atoms with Gasteiger partial charge in [0.1, 0.15) is 0 Å². The van der Waals surface area contributed by atoms with Gasteiger partial charge in [0.2, 0.25) is 11.8 Å². The van der Waals surface area contributed by atoms with Crippen LogP contribution in [0.3, 0.4) is 0 Å². The molecule has 0 radical (unpaired) electrons. The molecule has 4 rings (SSSR count). The molecule has 0 bridgehead atoms.